The number of nitrogens with zero attached hydrogens (tertiary/aromatic N) is 1. The Morgan fingerprint density at radius 3 is 2.39 bits per heavy atom. The molecular formula is C17H25BN2O3. The van der Waals surface area contributed by atoms with E-state index in [1.165, 1.54) is 6.92 Å². The first-order chi connectivity index (χ1) is 10.6. The van der Waals surface area contributed by atoms with Crippen molar-refractivity contribution in [3.8, 4) is 0 Å². The third kappa shape index (κ3) is 4.21. The van der Waals surface area contributed by atoms with Gasteiger partial charge in [-0.25, -0.2) is 0 Å². The Hall–Kier alpha value is -1.66. The molecule has 124 valence electrons. The summed E-state index contributed by atoms with van der Waals surface area (Å²) >= 11 is 0. The molecule has 1 fully saturated rings. The summed E-state index contributed by atoms with van der Waals surface area (Å²) in [4.78, 5) is 15.5. The SMILES string of the molecule is CC(=O)NCC(=Cc1cncc(C)c1)B1OC(C)(C)C(C)(C)O1. The predicted octanol–water partition coefficient (Wildman–Crippen LogP) is 2.54. The molecule has 0 radical (unpaired) electrons. The van der Waals surface area contributed by atoms with E-state index in [1.807, 2.05) is 46.8 Å². The van der Waals surface area contributed by atoms with Crippen LogP contribution in [0.1, 0.15) is 45.7 Å². The van der Waals surface area contributed by atoms with Crippen LogP contribution >= 0.6 is 0 Å². The van der Waals surface area contributed by atoms with Crippen molar-refractivity contribution in [1.29, 1.82) is 0 Å². The van der Waals surface area contributed by atoms with Crippen molar-refractivity contribution in [2.45, 2.75) is 52.7 Å². The highest BCUT2D eigenvalue weighted by Crippen LogP contribution is 2.38. The minimum atomic E-state index is -0.493. The largest absolute Gasteiger partial charge is 0.492 e. The van der Waals surface area contributed by atoms with Gasteiger partial charge in [-0.1, -0.05) is 6.08 Å². The van der Waals surface area contributed by atoms with E-state index in [0.717, 1.165) is 16.6 Å². The minimum absolute atomic E-state index is 0.0882. The number of hydrogen-bond donors (Lipinski definition) is 1. The Balaban J connectivity index is 2.30. The lowest BCUT2D eigenvalue weighted by Crippen LogP contribution is -2.41. The maximum Gasteiger partial charge on any atom is 0.492 e. The molecule has 0 saturated carbocycles. The maximum absolute atomic E-state index is 11.3. The van der Waals surface area contributed by atoms with Crippen LogP contribution in [0, 0.1) is 6.92 Å². The fraction of sp³-hybridized carbons (Fsp3) is 0.529. The number of pyridine rings is 1. The summed E-state index contributed by atoms with van der Waals surface area (Å²) in [5, 5.41) is 2.82. The van der Waals surface area contributed by atoms with Crippen LogP contribution in [-0.2, 0) is 14.1 Å². The standard InChI is InChI=1S/C17H25BN2O3/c1-12-7-14(10-19-9-12)8-15(11-20-13(2)21)18-22-16(3,4)17(5,6)23-18/h7-10H,11H2,1-6H3,(H,20,21). The van der Waals surface area contributed by atoms with E-state index in [1.54, 1.807) is 12.4 Å². The number of amides is 1. The van der Waals surface area contributed by atoms with Crippen molar-refractivity contribution in [3.63, 3.8) is 0 Å². The van der Waals surface area contributed by atoms with Crippen LogP contribution in [0.25, 0.3) is 6.08 Å². The van der Waals surface area contributed by atoms with Crippen molar-refractivity contribution in [2.24, 2.45) is 0 Å². The van der Waals surface area contributed by atoms with Gasteiger partial charge in [-0.3, -0.25) is 9.78 Å². The number of aryl methyl sites for hydroxylation is 1. The smallest absolute Gasteiger partial charge is 0.400 e. The Kier molecular flexibility index (Phi) is 4.97. The summed E-state index contributed by atoms with van der Waals surface area (Å²) in [5.74, 6) is -0.0882. The van der Waals surface area contributed by atoms with Gasteiger partial charge in [0, 0.05) is 25.9 Å². The van der Waals surface area contributed by atoms with Gasteiger partial charge >= 0.3 is 7.12 Å². The molecule has 0 bridgehead atoms. The van der Waals surface area contributed by atoms with Crippen LogP contribution in [-0.4, -0.2) is 35.8 Å². The van der Waals surface area contributed by atoms with E-state index in [4.69, 9.17) is 9.31 Å². The summed E-state index contributed by atoms with van der Waals surface area (Å²) < 4.78 is 12.2. The molecule has 0 aromatic carbocycles. The van der Waals surface area contributed by atoms with E-state index in [9.17, 15) is 4.79 Å². The lowest BCUT2D eigenvalue weighted by Gasteiger charge is -2.32. The van der Waals surface area contributed by atoms with Crippen LogP contribution in [0.15, 0.2) is 23.9 Å². The Morgan fingerprint density at radius 2 is 1.87 bits per heavy atom. The Bertz CT molecular complexity index is 610. The van der Waals surface area contributed by atoms with E-state index in [0.29, 0.717) is 6.54 Å². The predicted molar refractivity (Wildman–Crippen MR) is 91.7 cm³/mol. The van der Waals surface area contributed by atoms with Crippen molar-refractivity contribution in [2.75, 3.05) is 6.54 Å². The highest BCUT2D eigenvalue weighted by atomic mass is 16.7. The first-order valence-electron chi connectivity index (χ1n) is 7.83. The molecule has 1 saturated heterocycles. The summed E-state index contributed by atoms with van der Waals surface area (Å²) in [6, 6.07) is 2.03. The molecule has 5 nitrogen and oxygen atoms in total. The topological polar surface area (TPSA) is 60.5 Å². The third-order valence-electron chi connectivity index (χ3n) is 4.35. The lowest BCUT2D eigenvalue weighted by atomic mass is 9.77. The van der Waals surface area contributed by atoms with Gasteiger partial charge in [0.15, 0.2) is 0 Å². The van der Waals surface area contributed by atoms with Crippen LogP contribution in [0.4, 0.5) is 0 Å². The Labute approximate surface area is 138 Å². The number of rotatable bonds is 4. The zero-order chi connectivity index (χ0) is 17.3. The molecule has 2 heterocycles. The van der Waals surface area contributed by atoms with Crippen molar-refractivity contribution in [1.82, 2.24) is 10.3 Å². The molecule has 6 heteroatoms. The minimum Gasteiger partial charge on any atom is -0.400 e. The molecule has 0 aliphatic carbocycles. The molecule has 1 amide bonds. The molecule has 0 spiro atoms. The first-order valence-corrected chi connectivity index (χ1v) is 7.83. The molecule has 1 aliphatic rings. The van der Waals surface area contributed by atoms with Gasteiger partial charge < -0.3 is 14.6 Å². The number of nitrogens with one attached hydrogen (secondary N) is 1. The highest BCUT2D eigenvalue weighted by Gasteiger charge is 2.52. The van der Waals surface area contributed by atoms with Gasteiger partial charge in [-0.2, -0.15) is 0 Å². The fourth-order valence-corrected chi connectivity index (χ4v) is 2.29. The molecule has 1 N–H and O–H groups in total. The van der Waals surface area contributed by atoms with E-state index in [-0.39, 0.29) is 5.91 Å². The lowest BCUT2D eigenvalue weighted by molar-refractivity contribution is -0.118. The average Bonchev–Trinajstić information content (AvgIpc) is 2.63. The van der Waals surface area contributed by atoms with E-state index < -0.39 is 18.3 Å². The van der Waals surface area contributed by atoms with Crippen molar-refractivity contribution in [3.05, 3.63) is 35.1 Å². The second-order valence-electron chi connectivity index (χ2n) is 7.01. The zero-order valence-electron chi connectivity index (χ0n) is 14.8. The van der Waals surface area contributed by atoms with Gasteiger partial charge in [-0.15, -0.1) is 0 Å². The Morgan fingerprint density at radius 1 is 1.26 bits per heavy atom. The summed E-state index contributed by atoms with van der Waals surface area (Å²) in [6.45, 7) is 11.9. The monoisotopic (exact) mass is 316 g/mol. The molecule has 0 atom stereocenters. The zero-order valence-corrected chi connectivity index (χ0v) is 14.8. The molecule has 2 rings (SSSR count). The third-order valence-corrected chi connectivity index (χ3v) is 4.35. The quantitative estimate of drug-likeness (QED) is 0.867. The van der Waals surface area contributed by atoms with E-state index in [2.05, 4.69) is 10.3 Å². The van der Waals surface area contributed by atoms with Crippen LogP contribution < -0.4 is 5.32 Å². The molecule has 1 aromatic heterocycles. The first kappa shape index (κ1) is 17.7. The van der Waals surface area contributed by atoms with Gasteiger partial charge in [0.1, 0.15) is 0 Å². The number of carbonyl (C=O) groups is 1. The molecule has 1 aliphatic heterocycles. The van der Waals surface area contributed by atoms with Gasteiger partial charge in [0.05, 0.1) is 11.2 Å². The normalized spacial score (nSPS) is 19.7. The summed E-state index contributed by atoms with van der Waals surface area (Å²) in [6.07, 6.45) is 5.56. The van der Waals surface area contributed by atoms with E-state index >= 15 is 0 Å². The van der Waals surface area contributed by atoms with Gasteiger partial charge in [0.25, 0.3) is 0 Å². The molecule has 23 heavy (non-hydrogen) atoms. The highest BCUT2D eigenvalue weighted by molar-refractivity contribution is 6.56. The van der Waals surface area contributed by atoms with Crippen molar-refractivity contribution < 1.29 is 14.1 Å². The summed E-state index contributed by atoms with van der Waals surface area (Å²) in [7, 11) is -0.493. The maximum atomic E-state index is 11.3. The number of hydrogen-bond acceptors (Lipinski definition) is 4. The average molecular weight is 316 g/mol. The summed E-state index contributed by atoms with van der Waals surface area (Å²) in [5.41, 5.74) is 2.06. The van der Waals surface area contributed by atoms with Crippen LogP contribution in [0.2, 0.25) is 0 Å². The second kappa shape index (κ2) is 6.45. The van der Waals surface area contributed by atoms with Gasteiger partial charge in [-0.05, 0) is 57.3 Å². The molecular weight excluding hydrogens is 291 g/mol. The van der Waals surface area contributed by atoms with Crippen LogP contribution in [0.5, 0.6) is 0 Å². The molecule has 1 aromatic rings. The van der Waals surface area contributed by atoms with Gasteiger partial charge in [0.2, 0.25) is 5.91 Å². The van der Waals surface area contributed by atoms with Crippen LogP contribution in [0.3, 0.4) is 0 Å². The second-order valence-corrected chi connectivity index (χ2v) is 7.01. The van der Waals surface area contributed by atoms with Crippen molar-refractivity contribution >= 4 is 19.1 Å². The molecule has 0 unspecified atom stereocenters. The number of carbonyl (C=O) groups excluding carboxylic acids is 1. The number of aromatic nitrogens is 1. The fourth-order valence-electron chi connectivity index (χ4n) is 2.29.